The van der Waals surface area contributed by atoms with Gasteiger partial charge in [-0.25, -0.2) is 0 Å². The lowest BCUT2D eigenvalue weighted by Gasteiger charge is -2.37. The molecule has 0 aliphatic rings. The van der Waals surface area contributed by atoms with Gasteiger partial charge in [0.1, 0.15) is 18.1 Å². The fourth-order valence-corrected chi connectivity index (χ4v) is 6.26. The number of aromatic nitrogens is 1. The Morgan fingerprint density at radius 2 is 1.21 bits per heavy atom. The van der Waals surface area contributed by atoms with Crippen LogP contribution in [0.3, 0.4) is 0 Å². The van der Waals surface area contributed by atoms with E-state index in [0.29, 0.717) is 6.61 Å². The summed E-state index contributed by atoms with van der Waals surface area (Å²) in [6, 6.07) is 27.1. The molecular weight excluding hydrogens is 563 g/mol. The lowest BCUT2D eigenvalue weighted by molar-refractivity contribution is 0.294. The Morgan fingerprint density at radius 3 is 1.79 bits per heavy atom. The molecule has 1 heterocycles. The Kier molecular flexibility index (Phi) is 9.33. The monoisotopic (exact) mass is 611 g/mol. The number of nitrogens with zero attached hydrogens (tertiary/aromatic N) is 1. The van der Waals surface area contributed by atoms with Gasteiger partial charge in [-0.3, -0.25) is 4.98 Å². The second kappa shape index (κ2) is 12.3. The third kappa shape index (κ3) is 7.78. The van der Waals surface area contributed by atoms with Crippen LogP contribution < -0.4 is 13.6 Å². The molecule has 4 nitrogen and oxygen atoms in total. The zero-order chi connectivity index (χ0) is 31.6. The Bertz CT molecular complexity index is 1530. The summed E-state index contributed by atoms with van der Waals surface area (Å²) >= 11 is 0. The van der Waals surface area contributed by atoms with Gasteiger partial charge in [0.2, 0.25) is 8.32 Å². The normalized spacial score (nSPS) is 12.6. The quantitative estimate of drug-likeness (QED) is 0.177. The molecule has 228 valence electrons. The average Bonchev–Trinajstić information content (AvgIpc) is 2.92. The van der Waals surface area contributed by atoms with Crippen molar-refractivity contribution in [3.8, 4) is 39.6 Å². The predicted octanol–water partition coefficient (Wildman–Crippen LogP) is 11.1. The molecule has 0 saturated carbocycles. The summed E-state index contributed by atoms with van der Waals surface area (Å²) in [6.45, 7) is 25.2. The van der Waals surface area contributed by atoms with Crippen LogP contribution in [-0.4, -0.2) is 21.6 Å². The molecule has 1 aromatic heterocycles. The van der Waals surface area contributed by atoms with Crippen molar-refractivity contribution in [2.24, 2.45) is 0 Å². The van der Waals surface area contributed by atoms with Crippen LogP contribution in [0.15, 0.2) is 85.1 Å². The van der Waals surface area contributed by atoms with Crippen LogP contribution in [0.1, 0.15) is 52.7 Å². The second-order valence-corrected chi connectivity index (χ2v) is 24.0. The number of hydrogen-bond acceptors (Lipinski definition) is 4. The van der Waals surface area contributed by atoms with Crippen LogP contribution >= 0.6 is 0 Å². The van der Waals surface area contributed by atoms with E-state index in [9.17, 15) is 0 Å². The minimum atomic E-state index is -2.11. The zero-order valence-electron chi connectivity index (χ0n) is 28.0. The molecule has 43 heavy (non-hydrogen) atoms. The highest BCUT2D eigenvalue weighted by Crippen LogP contribution is 2.42. The standard InChI is InChI=1S/C37H49NO3Si2/c1-27-23-31(29-17-20-32(21-18-29)40-42(8,9)36(2,3)4)25-38-35(27)30-19-22-33(39-26-28-15-13-12-14-16-28)34(24-30)41-43(10,11)37(5,6)7/h12-25H,26H2,1-11H3. The third-order valence-corrected chi connectivity index (χ3v) is 17.8. The van der Waals surface area contributed by atoms with Crippen LogP contribution in [0.5, 0.6) is 17.2 Å². The first-order valence-electron chi connectivity index (χ1n) is 15.2. The molecular formula is C37H49NO3Si2. The molecule has 0 radical (unpaired) electrons. The molecule has 4 rings (SSSR count). The Labute approximate surface area is 261 Å². The van der Waals surface area contributed by atoms with E-state index in [-0.39, 0.29) is 10.1 Å². The number of pyridine rings is 1. The summed E-state index contributed by atoms with van der Waals surface area (Å²) < 4.78 is 19.6. The van der Waals surface area contributed by atoms with Crippen LogP contribution in [0.2, 0.25) is 36.3 Å². The first kappa shape index (κ1) is 32.6. The first-order valence-corrected chi connectivity index (χ1v) is 21.0. The van der Waals surface area contributed by atoms with Crippen LogP contribution in [0.25, 0.3) is 22.4 Å². The van der Waals surface area contributed by atoms with Crippen LogP contribution in [0.4, 0.5) is 0 Å². The molecule has 0 unspecified atom stereocenters. The van der Waals surface area contributed by atoms with Gasteiger partial charge in [0.05, 0.1) is 5.69 Å². The molecule has 0 spiro atoms. The van der Waals surface area contributed by atoms with Gasteiger partial charge in [0.15, 0.2) is 5.75 Å². The number of hydrogen-bond donors (Lipinski definition) is 0. The van der Waals surface area contributed by atoms with Crippen molar-refractivity contribution in [3.63, 3.8) is 0 Å². The van der Waals surface area contributed by atoms with Gasteiger partial charge >= 0.3 is 0 Å². The van der Waals surface area contributed by atoms with Gasteiger partial charge in [-0.2, -0.15) is 0 Å². The highest BCUT2D eigenvalue weighted by atomic mass is 28.4. The fraction of sp³-hybridized carbons (Fsp3) is 0.378. The van der Waals surface area contributed by atoms with Gasteiger partial charge in [-0.05, 0) is 96.3 Å². The lowest BCUT2D eigenvalue weighted by Crippen LogP contribution is -2.43. The Hall–Kier alpha value is -3.36. The van der Waals surface area contributed by atoms with Gasteiger partial charge in [0.25, 0.3) is 8.32 Å². The summed E-state index contributed by atoms with van der Waals surface area (Å²) in [4.78, 5) is 4.94. The molecule has 0 aliphatic heterocycles. The van der Waals surface area contributed by atoms with Gasteiger partial charge in [-0.15, -0.1) is 0 Å². The van der Waals surface area contributed by atoms with E-state index in [4.69, 9.17) is 18.6 Å². The minimum Gasteiger partial charge on any atom is -0.544 e. The zero-order valence-corrected chi connectivity index (χ0v) is 30.0. The topological polar surface area (TPSA) is 40.6 Å². The van der Waals surface area contributed by atoms with Crippen molar-refractivity contribution < 1.29 is 13.6 Å². The Morgan fingerprint density at radius 1 is 0.628 bits per heavy atom. The van der Waals surface area contributed by atoms with E-state index in [0.717, 1.165) is 50.8 Å². The minimum absolute atomic E-state index is 0.0563. The molecule has 4 aromatic rings. The van der Waals surface area contributed by atoms with Crippen molar-refractivity contribution in [2.75, 3.05) is 0 Å². The SMILES string of the molecule is Cc1cc(-c2ccc(O[Si](C)(C)C(C)(C)C)cc2)cnc1-c1ccc(OCc2ccccc2)c(O[Si](C)(C)C(C)(C)C)c1. The molecule has 0 fully saturated rings. The van der Waals surface area contributed by atoms with E-state index >= 15 is 0 Å². The Balaban J connectivity index is 1.61. The van der Waals surface area contributed by atoms with Crippen molar-refractivity contribution >= 4 is 16.6 Å². The van der Waals surface area contributed by atoms with Gasteiger partial charge in [0, 0.05) is 17.3 Å². The number of benzene rings is 3. The molecule has 0 aliphatic carbocycles. The molecule has 0 amide bonds. The van der Waals surface area contributed by atoms with E-state index in [1.807, 2.05) is 30.5 Å². The summed E-state index contributed by atoms with van der Waals surface area (Å²) in [5.74, 6) is 2.47. The van der Waals surface area contributed by atoms with Crippen molar-refractivity contribution in [3.05, 3.63) is 96.2 Å². The summed E-state index contributed by atoms with van der Waals surface area (Å²) in [5.41, 5.74) is 6.39. The maximum atomic E-state index is 6.82. The van der Waals surface area contributed by atoms with Crippen LogP contribution in [0, 0.1) is 6.92 Å². The number of aryl methyl sites for hydroxylation is 1. The van der Waals surface area contributed by atoms with Crippen molar-refractivity contribution in [1.82, 2.24) is 4.98 Å². The number of ether oxygens (including phenoxy) is 1. The molecule has 0 saturated heterocycles. The highest BCUT2D eigenvalue weighted by Gasteiger charge is 2.40. The van der Waals surface area contributed by atoms with Crippen molar-refractivity contribution in [1.29, 1.82) is 0 Å². The van der Waals surface area contributed by atoms with E-state index in [1.54, 1.807) is 0 Å². The van der Waals surface area contributed by atoms with Crippen LogP contribution in [-0.2, 0) is 6.61 Å². The molecule has 0 bridgehead atoms. The van der Waals surface area contributed by atoms with E-state index < -0.39 is 16.6 Å². The average molecular weight is 612 g/mol. The largest absolute Gasteiger partial charge is 0.544 e. The van der Waals surface area contributed by atoms with Gasteiger partial charge in [-0.1, -0.05) is 84.0 Å². The predicted molar refractivity (Wildman–Crippen MR) is 186 cm³/mol. The summed E-state index contributed by atoms with van der Waals surface area (Å²) in [5, 5.41) is 0.213. The molecule has 6 heteroatoms. The van der Waals surface area contributed by atoms with E-state index in [2.05, 4.69) is 129 Å². The smallest absolute Gasteiger partial charge is 0.250 e. The molecule has 3 aromatic carbocycles. The van der Waals surface area contributed by atoms with E-state index in [1.165, 1.54) is 0 Å². The maximum absolute atomic E-state index is 6.82. The third-order valence-electron chi connectivity index (χ3n) is 9.07. The summed E-state index contributed by atoms with van der Waals surface area (Å²) in [6.07, 6.45) is 1.96. The lowest BCUT2D eigenvalue weighted by atomic mass is 10.0. The molecule has 0 N–H and O–H groups in total. The first-order chi connectivity index (χ1) is 20.0. The van der Waals surface area contributed by atoms with Gasteiger partial charge < -0.3 is 13.6 Å². The second-order valence-electron chi connectivity index (χ2n) is 14.6. The summed E-state index contributed by atoms with van der Waals surface area (Å²) in [7, 11) is -4.00. The highest BCUT2D eigenvalue weighted by molar-refractivity contribution is 6.75. The fourth-order valence-electron chi connectivity index (χ4n) is 4.22. The van der Waals surface area contributed by atoms with Crippen molar-refractivity contribution in [2.45, 2.75) is 91.3 Å². The maximum Gasteiger partial charge on any atom is 0.250 e. The molecule has 0 atom stereocenters. The number of rotatable bonds is 9.